The Balaban J connectivity index is 1.82. The maximum atomic E-state index is 9.86. The molecule has 0 unspecified atom stereocenters. The van der Waals surface area contributed by atoms with Crippen LogP contribution in [0.25, 0.3) is 0 Å². The van der Waals surface area contributed by atoms with Crippen molar-refractivity contribution < 1.29 is 5.11 Å². The van der Waals surface area contributed by atoms with E-state index in [0.29, 0.717) is 12.1 Å². The first-order valence-corrected chi connectivity index (χ1v) is 6.34. The van der Waals surface area contributed by atoms with Gasteiger partial charge in [0.1, 0.15) is 0 Å². The number of piperazine rings is 1. The summed E-state index contributed by atoms with van der Waals surface area (Å²) in [6, 6.07) is 1.12. The zero-order chi connectivity index (χ0) is 10.8. The molecule has 1 aliphatic heterocycles. The second-order valence-corrected chi connectivity index (χ2v) is 5.23. The summed E-state index contributed by atoms with van der Waals surface area (Å²) in [5.41, 5.74) is 0. The highest BCUT2D eigenvalue weighted by atomic mass is 16.3. The van der Waals surface area contributed by atoms with Crippen LogP contribution < -0.4 is 0 Å². The Morgan fingerprint density at radius 2 is 1.73 bits per heavy atom. The summed E-state index contributed by atoms with van der Waals surface area (Å²) in [4.78, 5) is 5.02. The molecule has 0 radical (unpaired) electrons. The van der Waals surface area contributed by atoms with Crippen molar-refractivity contribution >= 4 is 0 Å². The monoisotopic (exact) mass is 212 g/mol. The Bertz CT molecular complexity index is 200. The minimum Gasteiger partial charge on any atom is -0.391 e. The third kappa shape index (κ3) is 2.52. The summed E-state index contributed by atoms with van der Waals surface area (Å²) in [6.45, 7) is 9.14. The SMILES string of the molecule is CC(C)N1CCN([C@H]2CCC[C@@H]2O)CC1. The first-order chi connectivity index (χ1) is 7.18. The lowest BCUT2D eigenvalue weighted by Gasteiger charge is -2.40. The lowest BCUT2D eigenvalue weighted by atomic mass is 10.1. The fourth-order valence-corrected chi connectivity index (χ4v) is 2.93. The van der Waals surface area contributed by atoms with E-state index in [9.17, 15) is 5.11 Å². The highest BCUT2D eigenvalue weighted by molar-refractivity contribution is 4.88. The standard InChI is InChI=1S/C12H24N2O/c1-10(2)13-6-8-14(9-7-13)11-4-3-5-12(11)15/h10-12,15H,3-9H2,1-2H3/t11-,12-/m0/s1. The van der Waals surface area contributed by atoms with Crippen LogP contribution in [0.1, 0.15) is 33.1 Å². The van der Waals surface area contributed by atoms with Crippen molar-refractivity contribution in [1.82, 2.24) is 9.80 Å². The van der Waals surface area contributed by atoms with Crippen molar-refractivity contribution in [3.63, 3.8) is 0 Å². The van der Waals surface area contributed by atoms with Gasteiger partial charge >= 0.3 is 0 Å². The summed E-state index contributed by atoms with van der Waals surface area (Å²) >= 11 is 0. The normalized spacial score (nSPS) is 35.2. The van der Waals surface area contributed by atoms with E-state index in [4.69, 9.17) is 0 Å². The molecule has 0 bridgehead atoms. The van der Waals surface area contributed by atoms with Gasteiger partial charge in [0, 0.05) is 38.3 Å². The van der Waals surface area contributed by atoms with Crippen molar-refractivity contribution in [3.8, 4) is 0 Å². The number of aliphatic hydroxyl groups is 1. The van der Waals surface area contributed by atoms with Crippen LogP contribution in [0.5, 0.6) is 0 Å². The van der Waals surface area contributed by atoms with Crippen LogP contribution in [0.3, 0.4) is 0 Å². The third-order valence-electron chi connectivity index (χ3n) is 3.99. The molecule has 1 aliphatic carbocycles. The van der Waals surface area contributed by atoms with E-state index in [1.165, 1.54) is 25.9 Å². The maximum absolute atomic E-state index is 9.86. The summed E-state index contributed by atoms with van der Waals surface area (Å²) in [7, 11) is 0. The molecule has 3 nitrogen and oxygen atoms in total. The number of nitrogens with zero attached hydrogens (tertiary/aromatic N) is 2. The number of hydrogen-bond donors (Lipinski definition) is 1. The van der Waals surface area contributed by atoms with Crippen molar-refractivity contribution in [2.24, 2.45) is 0 Å². The fraction of sp³-hybridized carbons (Fsp3) is 1.00. The van der Waals surface area contributed by atoms with Crippen LogP contribution in [0.2, 0.25) is 0 Å². The first-order valence-electron chi connectivity index (χ1n) is 6.34. The molecule has 0 spiro atoms. The van der Waals surface area contributed by atoms with Crippen LogP contribution in [0.4, 0.5) is 0 Å². The van der Waals surface area contributed by atoms with E-state index in [1.54, 1.807) is 0 Å². The number of hydrogen-bond acceptors (Lipinski definition) is 3. The maximum Gasteiger partial charge on any atom is 0.0695 e. The summed E-state index contributed by atoms with van der Waals surface area (Å²) in [5.74, 6) is 0. The van der Waals surface area contributed by atoms with Gasteiger partial charge in [-0.15, -0.1) is 0 Å². The molecule has 0 aromatic rings. The van der Waals surface area contributed by atoms with E-state index in [-0.39, 0.29) is 6.10 Å². The Morgan fingerprint density at radius 1 is 1.07 bits per heavy atom. The molecule has 2 rings (SSSR count). The lowest BCUT2D eigenvalue weighted by Crippen LogP contribution is -2.53. The summed E-state index contributed by atoms with van der Waals surface area (Å²) in [5, 5.41) is 9.86. The zero-order valence-electron chi connectivity index (χ0n) is 10.0. The predicted octanol–water partition coefficient (Wildman–Crippen LogP) is 0.926. The molecule has 0 amide bonds. The van der Waals surface area contributed by atoms with Gasteiger partial charge in [-0.1, -0.05) is 0 Å². The van der Waals surface area contributed by atoms with Gasteiger partial charge in [-0.25, -0.2) is 0 Å². The highest BCUT2D eigenvalue weighted by Crippen LogP contribution is 2.25. The number of aliphatic hydroxyl groups excluding tert-OH is 1. The van der Waals surface area contributed by atoms with Gasteiger partial charge in [-0.05, 0) is 33.1 Å². The molecule has 2 aliphatic rings. The van der Waals surface area contributed by atoms with E-state index in [0.717, 1.165) is 19.5 Å². The molecular weight excluding hydrogens is 188 g/mol. The molecule has 1 N–H and O–H groups in total. The molecular formula is C12H24N2O. The molecule has 1 saturated carbocycles. The van der Waals surface area contributed by atoms with Gasteiger partial charge in [0.05, 0.1) is 6.10 Å². The van der Waals surface area contributed by atoms with Crippen LogP contribution in [0, 0.1) is 0 Å². The minimum atomic E-state index is -0.0596. The second kappa shape index (κ2) is 4.81. The third-order valence-corrected chi connectivity index (χ3v) is 3.99. The summed E-state index contributed by atoms with van der Waals surface area (Å²) in [6.07, 6.45) is 3.35. The van der Waals surface area contributed by atoms with Crippen molar-refractivity contribution in [2.75, 3.05) is 26.2 Å². The van der Waals surface area contributed by atoms with Crippen molar-refractivity contribution in [2.45, 2.75) is 51.3 Å². The molecule has 2 atom stereocenters. The van der Waals surface area contributed by atoms with Gasteiger partial charge in [-0.3, -0.25) is 9.80 Å². The largest absolute Gasteiger partial charge is 0.391 e. The lowest BCUT2D eigenvalue weighted by molar-refractivity contribution is 0.0278. The first kappa shape index (κ1) is 11.4. The topological polar surface area (TPSA) is 26.7 Å². The molecule has 0 aromatic heterocycles. The van der Waals surface area contributed by atoms with Gasteiger partial charge in [0.15, 0.2) is 0 Å². The van der Waals surface area contributed by atoms with Crippen LogP contribution in [-0.2, 0) is 0 Å². The van der Waals surface area contributed by atoms with Gasteiger partial charge in [0.2, 0.25) is 0 Å². The van der Waals surface area contributed by atoms with E-state index in [1.807, 2.05) is 0 Å². The Morgan fingerprint density at radius 3 is 2.20 bits per heavy atom. The van der Waals surface area contributed by atoms with Crippen LogP contribution in [-0.4, -0.2) is 59.3 Å². The van der Waals surface area contributed by atoms with Gasteiger partial charge in [0.25, 0.3) is 0 Å². The van der Waals surface area contributed by atoms with Crippen molar-refractivity contribution in [3.05, 3.63) is 0 Å². The summed E-state index contributed by atoms with van der Waals surface area (Å²) < 4.78 is 0. The molecule has 1 heterocycles. The zero-order valence-corrected chi connectivity index (χ0v) is 10.0. The van der Waals surface area contributed by atoms with Crippen LogP contribution >= 0.6 is 0 Å². The van der Waals surface area contributed by atoms with Crippen molar-refractivity contribution in [1.29, 1.82) is 0 Å². The van der Waals surface area contributed by atoms with E-state index >= 15 is 0 Å². The Labute approximate surface area is 93.1 Å². The minimum absolute atomic E-state index is 0.0596. The smallest absolute Gasteiger partial charge is 0.0695 e. The molecule has 2 fully saturated rings. The van der Waals surface area contributed by atoms with Gasteiger partial charge in [-0.2, -0.15) is 0 Å². The van der Waals surface area contributed by atoms with Gasteiger partial charge < -0.3 is 5.11 Å². The molecule has 1 saturated heterocycles. The fourth-order valence-electron chi connectivity index (χ4n) is 2.93. The molecule has 3 heteroatoms. The highest BCUT2D eigenvalue weighted by Gasteiger charge is 2.32. The van der Waals surface area contributed by atoms with E-state index in [2.05, 4.69) is 23.6 Å². The quantitative estimate of drug-likeness (QED) is 0.737. The van der Waals surface area contributed by atoms with E-state index < -0.39 is 0 Å². The predicted molar refractivity (Wildman–Crippen MR) is 61.9 cm³/mol. The average molecular weight is 212 g/mol. The Hall–Kier alpha value is -0.120. The molecule has 15 heavy (non-hydrogen) atoms. The number of rotatable bonds is 2. The Kier molecular flexibility index (Phi) is 3.65. The second-order valence-electron chi connectivity index (χ2n) is 5.23. The molecule has 0 aromatic carbocycles. The van der Waals surface area contributed by atoms with Crippen LogP contribution in [0.15, 0.2) is 0 Å². The molecule has 88 valence electrons. The average Bonchev–Trinajstić information content (AvgIpc) is 2.65.